The van der Waals surface area contributed by atoms with Gasteiger partial charge in [0.05, 0.1) is 12.8 Å². The van der Waals surface area contributed by atoms with E-state index in [2.05, 4.69) is 10.5 Å². The van der Waals surface area contributed by atoms with Crippen molar-refractivity contribution in [1.29, 1.82) is 0 Å². The SMILES string of the molecule is COc1ccc(/C(C)=N\NC(=O)c2ccc(N(C)C)cc2)cc1. The van der Waals surface area contributed by atoms with Gasteiger partial charge in [0.15, 0.2) is 0 Å². The Bertz CT molecular complexity index is 689. The van der Waals surface area contributed by atoms with Gasteiger partial charge >= 0.3 is 0 Å². The van der Waals surface area contributed by atoms with E-state index in [-0.39, 0.29) is 5.91 Å². The molecule has 0 atom stereocenters. The van der Waals surface area contributed by atoms with Gasteiger partial charge in [0.1, 0.15) is 5.75 Å². The molecule has 2 aromatic rings. The number of ether oxygens (including phenoxy) is 1. The Hall–Kier alpha value is -2.82. The van der Waals surface area contributed by atoms with Crippen molar-refractivity contribution in [2.24, 2.45) is 5.10 Å². The van der Waals surface area contributed by atoms with Gasteiger partial charge < -0.3 is 9.64 Å². The summed E-state index contributed by atoms with van der Waals surface area (Å²) in [5, 5.41) is 4.15. The first-order valence-corrected chi connectivity index (χ1v) is 7.27. The molecule has 1 amide bonds. The Kier molecular flexibility index (Phi) is 5.36. The Morgan fingerprint density at radius 2 is 1.57 bits per heavy atom. The molecule has 5 nitrogen and oxygen atoms in total. The summed E-state index contributed by atoms with van der Waals surface area (Å²) in [6.45, 7) is 1.84. The molecule has 0 aliphatic heterocycles. The molecule has 0 radical (unpaired) electrons. The number of hydrogen-bond donors (Lipinski definition) is 1. The van der Waals surface area contributed by atoms with E-state index in [0.717, 1.165) is 22.7 Å². The van der Waals surface area contributed by atoms with Crippen LogP contribution in [0, 0.1) is 0 Å². The van der Waals surface area contributed by atoms with Gasteiger partial charge in [-0.05, 0) is 61.0 Å². The minimum Gasteiger partial charge on any atom is -0.497 e. The highest BCUT2D eigenvalue weighted by Crippen LogP contribution is 2.13. The summed E-state index contributed by atoms with van der Waals surface area (Å²) >= 11 is 0. The van der Waals surface area contributed by atoms with Crippen molar-refractivity contribution >= 4 is 17.3 Å². The summed E-state index contributed by atoms with van der Waals surface area (Å²) in [6, 6.07) is 14.9. The molecule has 120 valence electrons. The third kappa shape index (κ3) is 4.32. The molecule has 0 heterocycles. The number of carbonyl (C=O) groups is 1. The summed E-state index contributed by atoms with van der Waals surface area (Å²) in [4.78, 5) is 14.1. The van der Waals surface area contributed by atoms with Crippen LogP contribution in [0.3, 0.4) is 0 Å². The number of nitrogens with zero attached hydrogens (tertiary/aromatic N) is 2. The zero-order valence-corrected chi connectivity index (χ0v) is 13.8. The highest BCUT2D eigenvalue weighted by atomic mass is 16.5. The summed E-state index contributed by atoms with van der Waals surface area (Å²) in [6.07, 6.45) is 0. The molecule has 0 fully saturated rings. The number of anilines is 1. The number of hydrazone groups is 1. The Labute approximate surface area is 136 Å². The lowest BCUT2D eigenvalue weighted by Crippen LogP contribution is -2.19. The first kappa shape index (κ1) is 16.5. The smallest absolute Gasteiger partial charge is 0.271 e. The normalized spacial score (nSPS) is 11.0. The average molecular weight is 311 g/mol. The van der Waals surface area contributed by atoms with Gasteiger partial charge in [-0.2, -0.15) is 5.10 Å². The predicted octanol–water partition coefficient (Wildman–Crippen LogP) is 2.92. The van der Waals surface area contributed by atoms with E-state index in [1.54, 1.807) is 19.2 Å². The van der Waals surface area contributed by atoms with Gasteiger partial charge in [-0.3, -0.25) is 4.79 Å². The molecule has 0 saturated heterocycles. The Morgan fingerprint density at radius 1 is 1.00 bits per heavy atom. The quantitative estimate of drug-likeness (QED) is 0.682. The molecule has 2 aromatic carbocycles. The van der Waals surface area contributed by atoms with Crippen LogP contribution < -0.4 is 15.1 Å². The highest BCUT2D eigenvalue weighted by molar-refractivity contribution is 6.01. The van der Waals surface area contributed by atoms with E-state index in [9.17, 15) is 4.79 Å². The van der Waals surface area contributed by atoms with Crippen LogP contribution in [0.25, 0.3) is 0 Å². The van der Waals surface area contributed by atoms with E-state index < -0.39 is 0 Å². The zero-order valence-electron chi connectivity index (χ0n) is 13.8. The van der Waals surface area contributed by atoms with Gasteiger partial charge in [0, 0.05) is 25.3 Å². The van der Waals surface area contributed by atoms with Gasteiger partial charge in [0.2, 0.25) is 0 Å². The topological polar surface area (TPSA) is 53.9 Å². The molecule has 2 rings (SSSR count). The van der Waals surface area contributed by atoms with Gasteiger partial charge in [-0.15, -0.1) is 0 Å². The third-order valence-corrected chi connectivity index (χ3v) is 3.48. The fourth-order valence-electron chi connectivity index (χ4n) is 2.01. The zero-order chi connectivity index (χ0) is 16.8. The molecule has 0 aliphatic rings. The minimum atomic E-state index is -0.233. The van der Waals surface area contributed by atoms with E-state index in [0.29, 0.717) is 5.56 Å². The summed E-state index contributed by atoms with van der Waals surface area (Å²) < 4.78 is 5.12. The van der Waals surface area contributed by atoms with E-state index >= 15 is 0 Å². The molecule has 0 saturated carbocycles. The van der Waals surface area contributed by atoms with Crippen molar-refractivity contribution in [3.05, 3.63) is 59.7 Å². The van der Waals surface area contributed by atoms with Crippen molar-refractivity contribution in [3.8, 4) is 5.75 Å². The number of rotatable bonds is 5. The number of hydrogen-bond acceptors (Lipinski definition) is 4. The molecule has 1 N–H and O–H groups in total. The first-order chi connectivity index (χ1) is 11.0. The number of benzene rings is 2. The number of methoxy groups -OCH3 is 1. The second-order valence-corrected chi connectivity index (χ2v) is 5.31. The molecule has 0 bridgehead atoms. The Balaban J connectivity index is 2.04. The van der Waals surface area contributed by atoms with E-state index in [4.69, 9.17) is 4.74 Å². The number of carbonyl (C=O) groups excluding carboxylic acids is 1. The van der Waals surface area contributed by atoms with Crippen LogP contribution in [0.5, 0.6) is 5.75 Å². The molecular weight excluding hydrogens is 290 g/mol. The van der Waals surface area contributed by atoms with Crippen LogP contribution in [-0.4, -0.2) is 32.8 Å². The monoisotopic (exact) mass is 311 g/mol. The van der Waals surface area contributed by atoms with Gasteiger partial charge in [-0.1, -0.05) is 0 Å². The average Bonchev–Trinajstić information content (AvgIpc) is 2.59. The molecule has 5 heteroatoms. The van der Waals surface area contributed by atoms with Crippen LogP contribution >= 0.6 is 0 Å². The largest absolute Gasteiger partial charge is 0.497 e. The molecular formula is C18H21N3O2. The summed E-state index contributed by atoms with van der Waals surface area (Å²) in [5.41, 5.74) is 5.84. The lowest BCUT2D eigenvalue weighted by molar-refractivity contribution is 0.0955. The highest BCUT2D eigenvalue weighted by Gasteiger charge is 2.05. The maximum absolute atomic E-state index is 12.1. The molecule has 23 heavy (non-hydrogen) atoms. The minimum absolute atomic E-state index is 0.233. The first-order valence-electron chi connectivity index (χ1n) is 7.27. The predicted molar refractivity (Wildman–Crippen MR) is 93.4 cm³/mol. The maximum Gasteiger partial charge on any atom is 0.271 e. The molecule has 0 aromatic heterocycles. The lowest BCUT2D eigenvalue weighted by atomic mass is 10.1. The Morgan fingerprint density at radius 3 is 2.09 bits per heavy atom. The van der Waals surface area contributed by atoms with Crippen molar-refractivity contribution in [2.75, 3.05) is 26.1 Å². The van der Waals surface area contributed by atoms with Crippen molar-refractivity contribution in [2.45, 2.75) is 6.92 Å². The van der Waals surface area contributed by atoms with E-state index in [1.165, 1.54) is 0 Å². The van der Waals surface area contributed by atoms with Crippen LogP contribution in [0.4, 0.5) is 5.69 Å². The molecule has 0 aliphatic carbocycles. The van der Waals surface area contributed by atoms with E-state index in [1.807, 2.05) is 62.3 Å². The second kappa shape index (κ2) is 7.45. The third-order valence-electron chi connectivity index (χ3n) is 3.48. The molecule has 0 spiro atoms. The fourth-order valence-corrected chi connectivity index (χ4v) is 2.01. The maximum atomic E-state index is 12.1. The molecule has 0 unspecified atom stereocenters. The van der Waals surface area contributed by atoms with Crippen molar-refractivity contribution in [1.82, 2.24) is 5.43 Å². The second-order valence-electron chi connectivity index (χ2n) is 5.31. The van der Waals surface area contributed by atoms with Crippen molar-refractivity contribution < 1.29 is 9.53 Å². The van der Waals surface area contributed by atoms with Gasteiger partial charge in [0.25, 0.3) is 5.91 Å². The van der Waals surface area contributed by atoms with Gasteiger partial charge in [-0.25, -0.2) is 5.43 Å². The summed E-state index contributed by atoms with van der Waals surface area (Å²) in [5.74, 6) is 0.551. The fraction of sp³-hybridized carbons (Fsp3) is 0.222. The number of nitrogens with one attached hydrogen (secondary N) is 1. The standard InChI is InChI=1S/C18H21N3O2/c1-13(14-7-11-17(23-4)12-8-14)19-20-18(22)15-5-9-16(10-6-15)21(2)3/h5-12H,1-4H3,(H,20,22)/b19-13-. The van der Waals surface area contributed by atoms with Crippen LogP contribution in [0.2, 0.25) is 0 Å². The summed E-state index contributed by atoms with van der Waals surface area (Å²) in [7, 11) is 5.53. The lowest BCUT2D eigenvalue weighted by Gasteiger charge is -2.12. The number of amides is 1. The van der Waals surface area contributed by atoms with Crippen LogP contribution in [0.15, 0.2) is 53.6 Å². The van der Waals surface area contributed by atoms with Crippen LogP contribution in [0.1, 0.15) is 22.8 Å². The van der Waals surface area contributed by atoms with Crippen molar-refractivity contribution in [3.63, 3.8) is 0 Å². The van der Waals surface area contributed by atoms with Crippen LogP contribution in [-0.2, 0) is 0 Å².